The molecule has 0 bridgehead atoms. The van der Waals surface area contributed by atoms with Crippen molar-refractivity contribution in [3.63, 3.8) is 0 Å². The molecule has 3 aromatic rings. The van der Waals surface area contributed by atoms with Crippen LogP contribution >= 0.6 is 0 Å². The molecule has 2 aromatic carbocycles. The fourth-order valence-electron chi connectivity index (χ4n) is 3.94. The van der Waals surface area contributed by atoms with Crippen LogP contribution in [0.25, 0.3) is 11.0 Å². The molecular formula is C21H24N4O. The van der Waals surface area contributed by atoms with Crippen LogP contribution in [-0.2, 0) is 20.0 Å². The van der Waals surface area contributed by atoms with Crippen molar-refractivity contribution in [1.29, 1.82) is 0 Å². The van der Waals surface area contributed by atoms with Crippen LogP contribution in [0.5, 0.6) is 0 Å². The standard InChI is InChI=1S/C21H24N4O/c1-24-19-8-3-2-7-18(19)23-20(24)14-25-10-9-16(13-25)11-15-5-4-6-17(12-15)21(22)26/h2-8,12,16H,9-11,13-14H2,1H3,(H2,22,26)/t16-/m0/s1. The van der Waals surface area contributed by atoms with Crippen LogP contribution in [0.15, 0.2) is 48.5 Å². The Kier molecular flexibility index (Phi) is 4.47. The molecular weight excluding hydrogens is 324 g/mol. The second-order valence-electron chi connectivity index (χ2n) is 7.23. The minimum absolute atomic E-state index is 0.359. The number of primary amides is 1. The Morgan fingerprint density at radius 3 is 2.88 bits per heavy atom. The minimum Gasteiger partial charge on any atom is -0.366 e. The number of para-hydroxylation sites is 2. The van der Waals surface area contributed by atoms with Gasteiger partial charge in [0.25, 0.3) is 0 Å². The van der Waals surface area contributed by atoms with E-state index in [2.05, 4.69) is 40.8 Å². The maximum atomic E-state index is 11.4. The van der Waals surface area contributed by atoms with Crippen LogP contribution in [0.2, 0.25) is 0 Å². The lowest BCUT2D eigenvalue weighted by Crippen LogP contribution is -2.22. The highest BCUT2D eigenvalue weighted by molar-refractivity contribution is 5.92. The number of carbonyl (C=O) groups is 1. The zero-order chi connectivity index (χ0) is 18.1. The van der Waals surface area contributed by atoms with Gasteiger partial charge >= 0.3 is 0 Å². The monoisotopic (exact) mass is 348 g/mol. The summed E-state index contributed by atoms with van der Waals surface area (Å²) < 4.78 is 2.19. The van der Waals surface area contributed by atoms with E-state index in [-0.39, 0.29) is 5.91 Å². The van der Waals surface area contributed by atoms with Gasteiger partial charge in [-0.2, -0.15) is 0 Å². The first kappa shape index (κ1) is 16.8. The molecule has 0 spiro atoms. The van der Waals surface area contributed by atoms with Crippen LogP contribution in [0.4, 0.5) is 0 Å². The highest BCUT2D eigenvalue weighted by Gasteiger charge is 2.24. The predicted molar refractivity (Wildman–Crippen MR) is 103 cm³/mol. The van der Waals surface area contributed by atoms with E-state index in [0.29, 0.717) is 11.5 Å². The molecule has 0 radical (unpaired) electrons. The predicted octanol–water partition coefficient (Wildman–Crippen LogP) is 2.74. The first-order valence-corrected chi connectivity index (χ1v) is 9.11. The molecule has 1 atom stereocenters. The molecule has 1 aliphatic heterocycles. The topological polar surface area (TPSA) is 64.2 Å². The number of fused-ring (bicyclic) bond motifs is 1. The summed E-state index contributed by atoms with van der Waals surface area (Å²) in [5, 5.41) is 0. The highest BCUT2D eigenvalue weighted by atomic mass is 16.1. The molecule has 1 fully saturated rings. The number of aryl methyl sites for hydroxylation is 1. The lowest BCUT2D eigenvalue weighted by atomic mass is 9.97. The summed E-state index contributed by atoms with van der Waals surface area (Å²) in [5.74, 6) is 1.36. The number of rotatable bonds is 5. The maximum Gasteiger partial charge on any atom is 0.248 e. The maximum absolute atomic E-state index is 11.4. The SMILES string of the molecule is Cn1c(CN2CC[C@@H](Cc3cccc(C(N)=O)c3)C2)nc2ccccc21. The van der Waals surface area contributed by atoms with Gasteiger partial charge in [0.05, 0.1) is 17.6 Å². The number of nitrogens with zero attached hydrogens (tertiary/aromatic N) is 3. The minimum atomic E-state index is -0.359. The third-order valence-corrected chi connectivity index (χ3v) is 5.35. The second kappa shape index (κ2) is 6.92. The largest absolute Gasteiger partial charge is 0.366 e. The van der Waals surface area contributed by atoms with Gasteiger partial charge in [-0.05, 0) is 55.1 Å². The van der Waals surface area contributed by atoms with Crippen molar-refractivity contribution in [2.45, 2.75) is 19.4 Å². The Hall–Kier alpha value is -2.66. The fraction of sp³-hybridized carbons (Fsp3) is 0.333. The molecule has 2 N–H and O–H groups in total. The van der Waals surface area contributed by atoms with Crippen molar-refractivity contribution >= 4 is 16.9 Å². The molecule has 1 saturated heterocycles. The summed E-state index contributed by atoms with van der Waals surface area (Å²) >= 11 is 0. The quantitative estimate of drug-likeness (QED) is 0.771. The molecule has 0 saturated carbocycles. The highest BCUT2D eigenvalue weighted by Crippen LogP contribution is 2.24. The van der Waals surface area contributed by atoms with E-state index in [0.717, 1.165) is 37.4 Å². The van der Waals surface area contributed by atoms with Crippen molar-refractivity contribution < 1.29 is 4.79 Å². The summed E-state index contributed by atoms with van der Waals surface area (Å²) in [4.78, 5) is 18.6. The fourth-order valence-corrected chi connectivity index (χ4v) is 3.94. The molecule has 26 heavy (non-hydrogen) atoms. The molecule has 4 rings (SSSR count). The first-order chi connectivity index (χ1) is 12.6. The van der Waals surface area contributed by atoms with Gasteiger partial charge in [0.1, 0.15) is 5.82 Å². The van der Waals surface area contributed by atoms with E-state index in [1.54, 1.807) is 6.07 Å². The number of hydrogen-bond acceptors (Lipinski definition) is 3. The van der Waals surface area contributed by atoms with Crippen LogP contribution in [0.3, 0.4) is 0 Å². The van der Waals surface area contributed by atoms with Gasteiger partial charge in [0, 0.05) is 19.2 Å². The van der Waals surface area contributed by atoms with Crippen LogP contribution in [0, 0.1) is 5.92 Å². The summed E-state index contributed by atoms with van der Waals surface area (Å²) in [5.41, 5.74) is 9.41. The summed E-state index contributed by atoms with van der Waals surface area (Å²) in [6.45, 7) is 3.02. The van der Waals surface area contributed by atoms with Gasteiger partial charge in [-0.15, -0.1) is 0 Å². The van der Waals surface area contributed by atoms with Crippen molar-refractivity contribution in [3.8, 4) is 0 Å². The number of likely N-dealkylation sites (tertiary alicyclic amines) is 1. The normalized spacial score (nSPS) is 17.8. The number of amides is 1. The molecule has 0 unspecified atom stereocenters. The second-order valence-corrected chi connectivity index (χ2v) is 7.23. The average Bonchev–Trinajstić information content (AvgIpc) is 3.20. The molecule has 1 amide bonds. The Morgan fingerprint density at radius 2 is 2.08 bits per heavy atom. The van der Waals surface area contributed by atoms with Gasteiger partial charge in [0.15, 0.2) is 0 Å². The summed E-state index contributed by atoms with van der Waals surface area (Å²) in [6.07, 6.45) is 2.16. The van der Waals surface area contributed by atoms with Gasteiger partial charge in [0.2, 0.25) is 5.91 Å². The van der Waals surface area contributed by atoms with E-state index < -0.39 is 0 Å². The van der Waals surface area contributed by atoms with Crippen molar-refractivity contribution in [2.24, 2.45) is 18.7 Å². The van der Waals surface area contributed by atoms with Crippen LogP contribution < -0.4 is 5.73 Å². The number of aromatic nitrogens is 2. The molecule has 134 valence electrons. The van der Waals surface area contributed by atoms with E-state index in [4.69, 9.17) is 10.7 Å². The molecule has 5 nitrogen and oxygen atoms in total. The van der Waals surface area contributed by atoms with Gasteiger partial charge in [-0.3, -0.25) is 9.69 Å². The smallest absolute Gasteiger partial charge is 0.248 e. The van der Waals surface area contributed by atoms with Crippen LogP contribution in [-0.4, -0.2) is 33.4 Å². The van der Waals surface area contributed by atoms with E-state index >= 15 is 0 Å². The number of benzene rings is 2. The zero-order valence-corrected chi connectivity index (χ0v) is 15.1. The molecule has 5 heteroatoms. The summed E-state index contributed by atoms with van der Waals surface area (Å²) in [6, 6.07) is 16.0. The van der Waals surface area contributed by atoms with Crippen LogP contribution in [0.1, 0.15) is 28.2 Å². The van der Waals surface area contributed by atoms with E-state index in [9.17, 15) is 4.79 Å². The van der Waals surface area contributed by atoms with E-state index in [1.165, 1.54) is 17.5 Å². The Labute approximate surface area is 153 Å². The number of nitrogens with two attached hydrogens (primary N) is 1. The lowest BCUT2D eigenvalue weighted by molar-refractivity contribution is 0.1000. The third kappa shape index (κ3) is 3.35. The number of imidazole rings is 1. The Morgan fingerprint density at radius 1 is 1.23 bits per heavy atom. The number of hydrogen-bond donors (Lipinski definition) is 1. The van der Waals surface area contributed by atoms with Crippen molar-refractivity contribution in [3.05, 3.63) is 65.5 Å². The van der Waals surface area contributed by atoms with Crippen molar-refractivity contribution in [2.75, 3.05) is 13.1 Å². The third-order valence-electron chi connectivity index (χ3n) is 5.35. The van der Waals surface area contributed by atoms with Gasteiger partial charge < -0.3 is 10.3 Å². The lowest BCUT2D eigenvalue weighted by Gasteiger charge is -2.16. The van der Waals surface area contributed by atoms with Crippen molar-refractivity contribution in [1.82, 2.24) is 14.5 Å². The molecule has 1 aliphatic rings. The number of carbonyl (C=O) groups excluding carboxylic acids is 1. The first-order valence-electron chi connectivity index (χ1n) is 9.11. The van der Waals surface area contributed by atoms with E-state index in [1.807, 2.05) is 18.2 Å². The summed E-state index contributed by atoms with van der Waals surface area (Å²) in [7, 11) is 2.09. The zero-order valence-electron chi connectivity index (χ0n) is 15.1. The van der Waals surface area contributed by atoms with Gasteiger partial charge in [-0.1, -0.05) is 24.3 Å². The van der Waals surface area contributed by atoms with Gasteiger partial charge in [-0.25, -0.2) is 4.98 Å². The Balaban J connectivity index is 1.41. The molecule has 0 aliphatic carbocycles. The Bertz CT molecular complexity index is 946. The average molecular weight is 348 g/mol. The molecule has 1 aromatic heterocycles. The molecule has 2 heterocycles.